The van der Waals surface area contributed by atoms with Gasteiger partial charge >= 0.3 is 0 Å². The Morgan fingerprint density at radius 3 is 2.46 bits per heavy atom. The quantitative estimate of drug-likeness (QED) is 0.684. The fourth-order valence-electron chi connectivity index (χ4n) is 3.02. The minimum atomic E-state index is -0.321. The zero-order valence-corrected chi connectivity index (χ0v) is 16.3. The summed E-state index contributed by atoms with van der Waals surface area (Å²) in [5.41, 5.74) is 1.78. The lowest BCUT2D eigenvalue weighted by molar-refractivity contribution is 0.0760. The van der Waals surface area contributed by atoms with E-state index < -0.39 is 0 Å². The number of rotatable bonds is 7. The van der Waals surface area contributed by atoms with Gasteiger partial charge in [-0.3, -0.25) is 14.0 Å². The predicted octanol–water partition coefficient (Wildman–Crippen LogP) is 2.75. The van der Waals surface area contributed by atoms with E-state index in [0.29, 0.717) is 25.2 Å². The van der Waals surface area contributed by atoms with Crippen LogP contribution in [0.4, 0.5) is 0 Å². The van der Waals surface area contributed by atoms with Crippen LogP contribution in [0.1, 0.15) is 40.5 Å². The van der Waals surface area contributed by atoms with E-state index in [9.17, 15) is 9.59 Å². The van der Waals surface area contributed by atoms with E-state index in [-0.39, 0.29) is 23.3 Å². The van der Waals surface area contributed by atoms with Crippen LogP contribution in [0.3, 0.4) is 0 Å². The average molecular weight is 380 g/mol. The second-order valence-electron chi connectivity index (χ2n) is 6.25. The molecule has 0 bridgehead atoms. The van der Waals surface area contributed by atoms with Crippen molar-refractivity contribution in [1.82, 2.24) is 19.6 Å². The van der Waals surface area contributed by atoms with Crippen LogP contribution in [0, 0.1) is 0 Å². The Bertz CT molecular complexity index is 975. The molecule has 2 amide bonds. The van der Waals surface area contributed by atoms with E-state index in [1.807, 2.05) is 50.2 Å². The molecule has 0 aliphatic rings. The highest BCUT2D eigenvalue weighted by Crippen LogP contribution is 2.16. The summed E-state index contributed by atoms with van der Waals surface area (Å²) in [5.74, 6) is 0.488. The Morgan fingerprint density at radius 2 is 1.82 bits per heavy atom. The lowest BCUT2D eigenvalue weighted by atomic mass is 10.2. The molecule has 0 saturated carbocycles. The van der Waals surface area contributed by atoms with E-state index >= 15 is 0 Å². The summed E-state index contributed by atoms with van der Waals surface area (Å²) in [6.07, 6.45) is 1.75. The molecule has 2 heterocycles. The molecule has 0 radical (unpaired) electrons. The van der Waals surface area contributed by atoms with Crippen molar-refractivity contribution < 1.29 is 14.3 Å². The molecule has 0 saturated heterocycles. The average Bonchev–Trinajstić information content (AvgIpc) is 3.13. The molecular formula is C21H24N4O3. The fraction of sp³-hybridized carbons (Fsp3) is 0.286. The molecule has 0 aliphatic heterocycles. The number of hydrogen-bond acceptors (Lipinski definition) is 4. The monoisotopic (exact) mass is 380 g/mol. The molecule has 28 heavy (non-hydrogen) atoms. The molecule has 1 N–H and O–H groups in total. The van der Waals surface area contributed by atoms with Crippen LogP contribution >= 0.6 is 0 Å². The summed E-state index contributed by atoms with van der Waals surface area (Å²) >= 11 is 0. The lowest BCUT2D eigenvalue weighted by Gasteiger charge is -2.17. The first-order chi connectivity index (χ1) is 13.6. The summed E-state index contributed by atoms with van der Waals surface area (Å²) in [4.78, 5) is 31.6. The number of methoxy groups -OCH3 is 1. The van der Waals surface area contributed by atoms with Gasteiger partial charge in [-0.05, 0) is 43.7 Å². The molecule has 0 spiro atoms. The van der Waals surface area contributed by atoms with E-state index in [4.69, 9.17) is 4.74 Å². The summed E-state index contributed by atoms with van der Waals surface area (Å²) < 4.78 is 6.81. The number of benzene rings is 1. The smallest absolute Gasteiger partial charge is 0.290 e. The van der Waals surface area contributed by atoms with Gasteiger partial charge in [-0.2, -0.15) is 0 Å². The van der Waals surface area contributed by atoms with Gasteiger partial charge in [0.1, 0.15) is 5.75 Å². The minimum Gasteiger partial charge on any atom is -0.497 e. The van der Waals surface area contributed by atoms with Crippen molar-refractivity contribution in [1.29, 1.82) is 0 Å². The molecule has 7 nitrogen and oxygen atoms in total. The molecule has 2 aromatic heterocycles. The zero-order valence-electron chi connectivity index (χ0n) is 16.3. The third-order valence-corrected chi connectivity index (χ3v) is 4.62. The standard InChI is InChI=1S/C21H24N4O3/c1-4-24(5-2)21(27)19-23-18(17-8-6-7-13-25(17)19)20(26)22-14-15-9-11-16(28-3)12-10-15/h6-13H,4-5,14H2,1-3H3,(H,22,26). The van der Waals surface area contributed by atoms with Gasteiger partial charge in [0.2, 0.25) is 5.82 Å². The number of nitrogens with one attached hydrogen (secondary N) is 1. The van der Waals surface area contributed by atoms with Gasteiger partial charge in [0.15, 0.2) is 5.69 Å². The van der Waals surface area contributed by atoms with Crippen molar-refractivity contribution in [3.05, 3.63) is 65.7 Å². The number of ether oxygens (including phenoxy) is 1. The predicted molar refractivity (Wildman–Crippen MR) is 107 cm³/mol. The van der Waals surface area contributed by atoms with Crippen molar-refractivity contribution >= 4 is 17.3 Å². The Kier molecular flexibility index (Phi) is 5.93. The summed E-state index contributed by atoms with van der Waals surface area (Å²) in [6.45, 7) is 5.35. The van der Waals surface area contributed by atoms with Crippen LogP contribution in [0.2, 0.25) is 0 Å². The Morgan fingerprint density at radius 1 is 1.11 bits per heavy atom. The van der Waals surface area contributed by atoms with Crippen molar-refractivity contribution in [3.63, 3.8) is 0 Å². The van der Waals surface area contributed by atoms with E-state index in [1.165, 1.54) is 0 Å². The van der Waals surface area contributed by atoms with E-state index in [2.05, 4.69) is 10.3 Å². The number of fused-ring (bicyclic) bond motifs is 1. The summed E-state index contributed by atoms with van der Waals surface area (Å²) in [5, 5.41) is 2.87. The van der Waals surface area contributed by atoms with Gasteiger partial charge in [0.25, 0.3) is 11.8 Å². The first-order valence-corrected chi connectivity index (χ1v) is 9.26. The van der Waals surface area contributed by atoms with Crippen molar-refractivity contribution in [3.8, 4) is 5.75 Å². The van der Waals surface area contributed by atoms with Gasteiger partial charge in [0, 0.05) is 25.8 Å². The largest absolute Gasteiger partial charge is 0.497 e. The Hall–Kier alpha value is -3.35. The summed E-state index contributed by atoms with van der Waals surface area (Å²) in [7, 11) is 1.61. The number of amides is 2. The first kappa shape index (κ1) is 19.4. The van der Waals surface area contributed by atoms with Crippen LogP contribution in [-0.2, 0) is 6.54 Å². The molecule has 3 rings (SSSR count). The third-order valence-electron chi connectivity index (χ3n) is 4.62. The second-order valence-corrected chi connectivity index (χ2v) is 6.25. The van der Waals surface area contributed by atoms with Crippen molar-refractivity contribution in [2.75, 3.05) is 20.2 Å². The van der Waals surface area contributed by atoms with Gasteiger partial charge in [-0.1, -0.05) is 18.2 Å². The molecule has 0 fully saturated rings. The number of imidazole rings is 1. The van der Waals surface area contributed by atoms with E-state index in [1.54, 1.807) is 28.7 Å². The Labute approximate surface area is 163 Å². The minimum absolute atomic E-state index is 0.194. The number of pyridine rings is 1. The number of carbonyl (C=O) groups excluding carboxylic acids is 2. The molecule has 146 valence electrons. The normalized spacial score (nSPS) is 10.7. The molecular weight excluding hydrogens is 356 g/mol. The van der Waals surface area contributed by atoms with Crippen LogP contribution in [0.25, 0.3) is 5.52 Å². The topological polar surface area (TPSA) is 75.9 Å². The molecule has 0 atom stereocenters. The second kappa shape index (κ2) is 8.56. The van der Waals surface area contributed by atoms with Gasteiger partial charge in [-0.25, -0.2) is 4.98 Å². The molecule has 1 aromatic carbocycles. The van der Waals surface area contributed by atoms with Crippen LogP contribution < -0.4 is 10.1 Å². The SMILES string of the molecule is CCN(CC)C(=O)c1nc(C(=O)NCc2ccc(OC)cc2)c2ccccn12. The molecule has 3 aromatic rings. The van der Waals surface area contributed by atoms with E-state index in [0.717, 1.165) is 11.3 Å². The maximum Gasteiger partial charge on any atom is 0.290 e. The summed E-state index contributed by atoms with van der Waals surface area (Å²) in [6, 6.07) is 12.9. The van der Waals surface area contributed by atoms with Crippen molar-refractivity contribution in [2.45, 2.75) is 20.4 Å². The fourth-order valence-corrected chi connectivity index (χ4v) is 3.02. The molecule has 0 unspecified atom stereocenters. The van der Waals surface area contributed by atoms with Gasteiger partial charge < -0.3 is 15.0 Å². The zero-order chi connectivity index (χ0) is 20.1. The van der Waals surface area contributed by atoms with Gasteiger partial charge in [-0.15, -0.1) is 0 Å². The lowest BCUT2D eigenvalue weighted by Crippen LogP contribution is -2.32. The molecule has 0 aliphatic carbocycles. The third kappa shape index (κ3) is 3.83. The Balaban J connectivity index is 1.85. The van der Waals surface area contributed by atoms with Crippen LogP contribution in [-0.4, -0.2) is 46.3 Å². The van der Waals surface area contributed by atoms with Crippen LogP contribution in [0.5, 0.6) is 5.75 Å². The number of nitrogens with zero attached hydrogens (tertiary/aromatic N) is 3. The number of aromatic nitrogens is 2. The van der Waals surface area contributed by atoms with Crippen molar-refractivity contribution in [2.24, 2.45) is 0 Å². The maximum absolute atomic E-state index is 12.8. The number of carbonyl (C=O) groups is 2. The maximum atomic E-state index is 12.8. The number of hydrogen-bond donors (Lipinski definition) is 1. The first-order valence-electron chi connectivity index (χ1n) is 9.26. The highest BCUT2D eigenvalue weighted by Gasteiger charge is 2.23. The highest BCUT2D eigenvalue weighted by molar-refractivity contribution is 6.02. The van der Waals surface area contributed by atoms with Crippen LogP contribution in [0.15, 0.2) is 48.7 Å². The van der Waals surface area contributed by atoms with Gasteiger partial charge in [0.05, 0.1) is 12.6 Å². The molecule has 7 heteroatoms. The highest BCUT2D eigenvalue weighted by atomic mass is 16.5.